The third-order valence-corrected chi connectivity index (χ3v) is 4.97. The fourth-order valence-corrected chi connectivity index (χ4v) is 2.99. The molecule has 8 heteroatoms. The number of unbranched alkanes of at least 4 members (excludes halogenated alkanes) is 4. The molecule has 0 rings (SSSR count). The Morgan fingerprint density at radius 3 is 2.04 bits per heavy atom. The first kappa shape index (κ1) is 27.1. The summed E-state index contributed by atoms with van der Waals surface area (Å²) in [6.07, 6.45) is 1.79. The lowest BCUT2D eigenvalue weighted by Crippen LogP contribution is -2.50. The lowest BCUT2D eigenvalue weighted by atomic mass is 9.96. The molecule has 0 radical (unpaired) electrons. The minimum Gasteiger partial charge on any atom is -0.449 e. The summed E-state index contributed by atoms with van der Waals surface area (Å²) in [5, 5.41) is 47.5. The Bertz CT molecular complexity index is 397. The van der Waals surface area contributed by atoms with Crippen molar-refractivity contribution in [3.8, 4) is 0 Å². The molecule has 5 N–H and O–H groups in total. The molecular formula is C20H41NO7. The summed E-state index contributed by atoms with van der Waals surface area (Å²) >= 11 is 0. The molecular weight excluding hydrogens is 366 g/mol. The third-order valence-electron chi connectivity index (χ3n) is 4.97. The maximum absolute atomic E-state index is 12.2. The van der Waals surface area contributed by atoms with Crippen LogP contribution in [0.3, 0.4) is 0 Å². The van der Waals surface area contributed by atoms with E-state index in [0.717, 1.165) is 37.0 Å². The first-order chi connectivity index (χ1) is 13.3. The zero-order chi connectivity index (χ0) is 21.5. The maximum atomic E-state index is 12.2. The molecule has 1 unspecified atom stereocenters. The molecule has 0 bridgehead atoms. The second kappa shape index (κ2) is 15.9. The van der Waals surface area contributed by atoms with Crippen molar-refractivity contribution in [2.45, 2.75) is 89.6 Å². The molecule has 168 valence electrons. The van der Waals surface area contributed by atoms with E-state index in [-0.39, 0.29) is 6.54 Å². The predicted octanol–water partition coefficient (Wildman–Crippen LogP) is 1.27. The van der Waals surface area contributed by atoms with Gasteiger partial charge in [-0.1, -0.05) is 52.4 Å². The fourth-order valence-electron chi connectivity index (χ4n) is 2.99. The number of aliphatic hydroxyl groups is 5. The van der Waals surface area contributed by atoms with Crippen molar-refractivity contribution in [3.05, 3.63) is 0 Å². The largest absolute Gasteiger partial charge is 0.449 e. The first-order valence-corrected chi connectivity index (χ1v) is 10.5. The highest BCUT2D eigenvalue weighted by Gasteiger charge is 2.31. The van der Waals surface area contributed by atoms with Crippen LogP contribution < -0.4 is 0 Å². The fraction of sp³-hybridized carbons (Fsp3) is 0.950. The molecule has 0 saturated carbocycles. The Hall–Kier alpha value is -0.930. The van der Waals surface area contributed by atoms with E-state index in [1.54, 1.807) is 0 Å². The third kappa shape index (κ3) is 11.2. The summed E-state index contributed by atoms with van der Waals surface area (Å²) in [4.78, 5) is 13.3. The molecule has 0 aliphatic rings. The topological polar surface area (TPSA) is 131 Å². The summed E-state index contributed by atoms with van der Waals surface area (Å²) in [5.74, 6) is 0.311. The summed E-state index contributed by atoms with van der Waals surface area (Å²) < 4.78 is 5.37. The molecule has 0 heterocycles. The van der Waals surface area contributed by atoms with Gasteiger partial charge in [-0.2, -0.15) is 0 Å². The highest BCUT2D eigenvalue weighted by Crippen LogP contribution is 2.18. The zero-order valence-corrected chi connectivity index (χ0v) is 17.7. The molecule has 0 aliphatic heterocycles. The van der Waals surface area contributed by atoms with Gasteiger partial charge in [0.05, 0.1) is 19.8 Å². The van der Waals surface area contributed by atoms with E-state index in [1.165, 1.54) is 26.3 Å². The van der Waals surface area contributed by atoms with Crippen LogP contribution in [-0.4, -0.2) is 87.7 Å². The normalized spacial score (nSPS) is 16.9. The number of carbonyl (C=O) groups excluding carboxylic acids is 1. The maximum Gasteiger partial charge on any atom is 0.409 e. The summed E-state index contributed by atoms with van der Waals surface area (Å²) in [7, 11) is 1.43. The second-order valence-corrected chi connectivity index (χ2v) is 7.61. The Morgan fingerprint density at radius 2 is 1.46 bits per heavy atom. The minimum atomic E-state index is -1.72. The van der Waals surface area contributed by atoms with Gasteiger partial charge in [0.25, 0.3) is 0 Å². The molecule has 0 aromatic rings. The summed E-state index contributed by atoms with van der Waals surface area (Å²) in [5.41, 5.74) is 0. The van der Waals surface area contributed by atoms with Gasteiger partial charge in [0.15, 0.2) is 0 Å². The monoisotopic (exact) mass is 407 g/mol. The molecule has 0 fully saturated rings. The van der Waals surface area contributed by atoms with E-state index in [1.807, 2.05) is 0 Å². The molecule has 0 aliphatic carbocycles. The highest BCUT2D eigenvalue weighted by atomic mass is 16.6. The number of nitrogens with zero attached hydrogens (tertiary/aromatic N) is 1. The number of amides is 1. The Balaban J connectivity index is 4.43. The molecule has 5 atom stereocenters. The Kier molecular flexibility index (Phi) is 15.4. The second-order valence-electron chi connectivity index (χ2n) is 7.61. The van der Waals surface area contributed by atoms with Crippen LogP contribution in [0.2, 0.25) is 0 Å². The van der Waals surface area contributed by atoms with E-state index in [4.69, 9.17) is 9.84 Å². The smallest absolute Gasteiger partial charge is 0.409 e. The van der Waals surface area contributed by atoms with Gasteiger partial charge in [0.1, 0.15) is 24.4 Å². The van der Waals surface area contributed by atoms with Gasteiger partial charge in [0, 0.05) is 7.05 Å². The summed E-state index contributed by atoms with van der Waals surface area (Å²) in [6, 6.07) is 0. The van der Waals surface area contributed by atoms with E-state index >= 15 is 0 Å². The quantitative estimate of drug-likeness (QED) is 0.244. The molecule has 0 spiro atoms. The lowest BCUT2D eigenvalue weighted by molar-refractivity contribution is -0.117. The van der Waals surface area contributed by atoms with Crippen LogP contribution in [0.15, 0.2) is 0 Å². The highest BCUT2D eigenvalue weighted by molar-refractivity contribution is 5.67. The van der Waals surface area contributed by atoms with Gasteiger partial charge in [-0.15, -0.1) is 0 Å². The van der Waals surface area contributed by atoms with Gasteiger partial charge in [0.2, 0.25) is 0 Å². The lowest BCUT2D eigenvalue weighted by Gasteiger charge is -2.28. The number of hydrogen-bond acceptors (Lipinski definition) is 7. The average Bonchev–Trinajstić information content (AvgIpc) is 2.70. The van der Waals surface area contributed by atoms with E-state index in [9.17, 15) is 25.2 Å². The van der Waals surface area contributed by atoms with E-state index in [2.05, 4.69) is 13.8 Å². The van der Waals surface area contributed by atoms with Crippen molar-refractivity contribution in [1.82, 2.24) is 4.90 Å². The molecule has 28 heavy (non-hydrogen) atoms. The molecule has 0 saturated heterocycles. The van der Waals surface area contributed by atoms with Crippen molar-refractivity contribution < 1.29 is 35.1 Å². The zero-order valence-electron chi connectivity index (χ0n) is 17.7. The van der Waals surface area contributed by atoms with Crippen LogP contribution >= 0.6 is 0 Å². The molecule has 0 aromatic carbocycles. The van der Waals surface area contributed by atoms with Gasteiger partial charge in [-0.05, 0) is 18.8 Å². The van der Waals surface area contributed by atoms with Crippen molar-refractivity contribution >= 4 is 6.09 Å². The average molecular weight is 408 g/mol. The Morgan fingerprint density at radius 1 is 0.893 bits per heavy atom. The standard InChI is InChI=1S/C20H41NO7/c1-4-6-8-9-11-15(10-7-5-2)14-28-20(27)21(3)12-16(23)18(25)19(26)17(24)13-22/h15-19,22-26H,4-14H2,1-3H3/t15?,16-,17+,18+,19+/m0/s1. The van der Waals surface area contributed by atoms with Crippen molar-refractivity contribution in [2.24, 2.45) is 5.92 Å². The molecule has 1 amide bonds. The number of aliphatic hydroxyl groups excluding tert-OH is 5. The van der Waals surface area contributed by atoms with Crippen LogP contribution in [0, 0.1) is 5.92 Å². The van der Waals surface area contributed by atoms with E-state index < -0.39 is 37.1 Å². The number of rotatable bonds is 16. The van der Waals surface area contributed by atoms with Crippen LogP contribution in [0.5, 0.6) is 0 Å². The number of carbonyl (C=O) groups is 1. The molecule has 8 nitrogen and oxygen atoms in total. The predicted molar refractivity (Wildman–Crippen MR) is 107 cm³/mol. The van der Waals surface area contributed by atoms with Gasteiger partial charge < -0.3 is 35.2 Å². The number of ether oxygens (including phenoxy) is 1. The van der Waals surface area contributed by atoms with Crippen molar-refractivity contribution in [2.75, 3.05) is 26.8 Å². The van der Waals surface area contributed by atoms with Crippen LogP contribution in [0.4, 0.5) is 4.79 Å². The SMILES string of the molecule is CCCCCCC(CCCC)COC(=O)N(C)C[C@H](O)[C@@H](O)[C@H](O)[C@H](O)CO. The number of likely N-dealkylation sites (N-methyl/N-ethyl adjacent to an activating group) is 1. The van der Waals surface area contributed by atoms with Crippen LogP contribution in [0.1, 0.15) is 65.2 Å². The van der Waals surface area contributed by atoms with Crippen LogP contribution in [-0.2, 0) is 4.74 Å². The first-order valence-electron chi connectivity index (χ1n) is 10.5. The minimum absolute atomic E-state index is 0.272. The van der Waals surface area contributed by atoms with Crippen molar-refractivity contribution in [1.29, 1.82) is 0 Å². The van der Waals surface area contributed by atoms with Crippen molar-refractivity contribution in [3.63, 3.8) is 0 Å². The van der Waals surface area contributed by atoms with E-state index in [0.29, 0.717) is 12.5 Å². The Labute approximate surface area is 169 Å². The number of hydrogen-bond donors (Lipinski definition) is 5. The van der Waals surface area contributed by atoms with Gasteiger partial charge in [-0.25, -0.2) is 4.79 Å². The van der Waals surface area contributed by atoms with Gasteiger partial charge in [-0.3, -0.25) is 0 Å². The molecule has 0 aromatic heterocycles. The summed E-state index contributed by atoms with van der Waals surface area (Å²) in [6.45, 7) is 3.59. The van der Waals surface area contributed by atoms with Crippen LogP contribution in [0.25, 0.3) is 0 Å². The van der Waals surface area contributed by atoms with Gasteiger partial charge >= 0.3 is 6.09 Å².